The van der Waals surface area contributed by atoms with Crippen LogP contribution in [0.4, 0.5) is 4.39 Å². The van der Waals surface area contributed by atoms with Gasteiger partial charge in [0.1, 0.15) is 11.5 Å². The standard InChI is InChI=1S/C9H6BrClFN3/c10-6-1-2-8(12)9(3-6)15-5-7(4-11)13-14-15/h1-3,5H,4H2. The van der Waals surface area contributed by atoms with Crippen molar-refractivity contribution in [2.45, 2.75) is 5.88 Å². The van der Waals surface area contributed by atoms with Crippen LogP contribution >= 0.6 is 27.5 Å². The van der Waals surface area contributed by atoms with Crippen molar-refractivity contribution in [1.82, 2.24) is 15.0 Å². The molecule has 1 heterocycles. The number of aromatic nitrogens is 3. The van der Waals surface area contributed by atoms with E-state index in [1.54, 1.807) is 18.3 Å². The lowest BCUT2D eigenvalue weighted by atomic mass is 10.3. The fraction of sp³-hybridized carbons (Fsp3) is 0.111. The Balaban J connectivity index is 2.48. The van der Waals surface area contributed by atoms with Crippen LogP contribution in [0.5, 0.6) is 0 Å². The van der Waals surface area contributed by atoms with E-state index in [1.807, 2.05) is 0 Å². The Morgan fingerprint density at radius 2 is 2.27 bits per heavy atom. The highest BCUT2D eigenvalue weighted by Crippen LogP contribution is 2.18. The lowest BCUT2D eigenvalue weighted by Gasteiger charge is -2.01. The van der Waals surface area contributed by atoms with Crippen molar-refractivity contribution in [2.75, 3.05) is 0 Å². The minimum Gasteiger partial charge on any atom is -0.217 e. The second-order valence-electron chi connectivity index (χ2n) is 2.88. The number of hydrogen-bond acceptors (Lipinski definition) is 2. The minimum absolute atomic E-state index is 0.260. The van der Waals surface area contributed by atoms with Crippen molar-refractivity contribution < 1.29 is 4.39 Å². The summed E-state index contributed by atoms with van der Waals surface area (Å²) in [6.07, 6.45) is 1.60. The Labute approximate surface area is 99.0 Å². The van der Waals surface area contributed by atoms with Crippen LogP contribution < -0.4 is 0 Å². The van der Waals surface area contributed by atoms with Crippen LogP contribution in [0.1, 0.15) is 5.69 Å². The molecule has 2 aromatic rings. The van der Waals surface area contributed by atoms with Crippen LogP contribution in [0, 0.1) is 5.82 Å². The summed E-state index contributed by atoms with van der Waals surface area (Å²) in [5.41, 5.74) is 0.948. The van der Waals surface area contributed by atoms with Crippen molar-refractivity contribution >= 4 is 27.5 Å². The molecule has 0 aliphatic carbocycles. The molecule has 0 N–H and O–H groups in total. The molecule has 0 aliphatic rings. The molecule has 0 fully saturated rings. The molecular weight excluding hydrogens is 284 g/mol. The Morgan fingerprint density at radius 1 is 1.47 bits per heavy atom. The van der Waals surface area contributed by atoms with E-state index < -0.39 is 0 Å². The first kappa shape index (κ1) is 10.6. The Hall–Kier alpha value is -0.940. The predicted octanol–water partition coefficient (Wildman–Crippen LogP) is 2.91. The molecule has 0 unspecified atom stereocenters. The van der Waals surface area contributed by atoms with Gasteiger partial charge in [-0.25, -0.2) is 9.07 Å². The third-order valence-corrected chi connectivity index (χ3v) is 2.60. The fourth-order valence-corrected chi connectivity index (χ4v) is 1.61. The lowest BCUT2D eigenvalue weighted by molar-refractivity contribution is 0.606. The van der Waals surface area contributed by atoms with Crippen LogP contribution in [0.2, 0.25) is 0 Å². The molecule has 78 valence electrons. The third-order valence-electron chi connectivity index (χ3n) is 1.83. The largest absolute Gasteiger partial charge is 0.217 e. The molecule has 2 rings (SSSR count). The highest BCUT2D eigenvalue weighted by Gasteiger charge is 2.07. The zero-order valence-electron chi connectivity index (χ0n) is 7.49. The molecule has 1 aromatic carbocycles. The molecule has 0 saturated carbocycles. The van der Waals surface area contributed by atoms with E-state index in [4.69, 9.17) is 11.6 Å². The summed E-state index contributed by atoms with van der Waals surface area (Å²) in [6, 6.07) is 4.61. The first-order valence-electron chi connectivity index (χ1n) is 4.13. The van der Waals surface area contributed by atoms with E-state index in [1.165, 1.54) is 10.7 Å². The molecule has 3 nitrogen and oxygen atoms in total. The normalized spacial score (nSPS) is 10.6. The van der Waals surface area contributed by atoms with Crippen molar-refractivity contribution in [3.8, 4) is 5.69 Å². The minimum atomic E-state index is -0.357. The number of benzene rings is 1. The molecule has 0 spiro atoms. The first-order chi connectivity index (χ1) is 7.20. The molecule has 0 bridgehead atoms. The molecule has 6 heteroatoms. The summed E-state index contributed by atoms with van der Waals surface area (Å²) in [5.74, 6) is -0.0977. The maximum Gasteiger partial charge on any atom is 0.148 e. The molecule has 0 aliphatic heterocycles. The summed E-state index contributed by atoms with van der Waals surface area (Å²) >= 11 is 8.84. The maximum absolute atomic E-state index is 13.4. The molecule has 15 heavy (non-hydrogen) atoms. The smallest absolute Gasteiger partial charge is 0.148 e. The van der Waals surface area contributed by atoms with Crippen LogP contribution in [0.15, 0.2) is 28.9 Å². The van der Waals surface area contributed by atoms with Gasteiger partial charge in [-0.3, -0.25) is 0 Å². The van der Waals surface area contributed by atoms with E-state index in [0.29, 0.717) is 11.4 Å². The van der Waals surface area contributed by atoms with Gasteiger partial charge in [-0.05, 0) is 18.2 Å². The number of alkyl halides is 1. The van der Waals surface area contributed by atoms with Gasteiger partial charge < -0.3 is 0 Å². The van der Waals surface area contributed by atoms with Gasteiger partial charge in [0.15, 0.2) is 0 Å². The SMILES string of the molecule is Fc1ccc(Br)cc1-n1cc(CCl)nn1. The van der Waals surface area contributed by atoms with Crippen molar-refractivity contribution in [3.05, 3.63) is 40.4 Å². The van der Waals surface area contributed by atoms with Gasteiger partial charge in [0.2, 0.25) is 0 Å². The van der Waals surface area contributed by atoms with E-state index in [2.05, 4.69) is 26.2 Å². The second-order valence-corrected chi connectivity index (χ2v) is 4.07. The molecular formula is C9H6BrClFN3. The Morgan fingerprint density at radius 3 is 2.93 bits per heavy atom. The first-order valence-corrected chi connectivity index (χ1v) is 5.46. The van der Waals surface area contributed by atoms with E-state index >= 15 is 0 Å². The van der Waals surface area contributed by atoms with E-state index in [9.17, 15) is 4.39 Å². The van der Waals surface area contributed by atoms with Crippen molar-refractivity contribution in [3.63, 3.8) is 0 Å². The molecule has 0 amide bonds. The summed E-state index contributed by atoms with van der Waals surface area (Å²) in [6.45, 7) is 0. The zero-order chi connectivity index (χ0) is 10.8. The highest BCUT2D eigenvalue weighted by atomic mass is 79.9. The summed E-state index contributed by atoms with van der Waals surface area (Å²) in [5, 5.41) is 7.56. The molecule has 1 aromatic heterocycles. The van der Waals surface area contributed by atoms with Gasteiger partial charge in [-0.15, -0.1) is 16.7 Å². The van der Waals surface area contributed by atoms with Gasteiger partial charge in [-0.2, -0.15) is 0 Å². The lowest BCUT2D eigenvalue weighted by Crippen LogP contribution is -1.98. The van der Waals surface area contributed by atoms with Crippen LogP contribution in [0.3, 0.4) is 0 Å². The van der Waals surface area contributed by atoms with Crippen LogP contribution in [-0.4, -0.2) is 15.0 Å². The third kappa shape index (κ3) is 2.18. The average molecular weight is 291 g/mol. The molecule has 0 saturated heterocycles. The quantitative estimate of drug-likeness (QED) is 0.796. The summed E-state index contributed by atoms with van der Waals surface area (Å²) in [7, 11) is 0. The fourth-order valence-electron chi connectivity index (χ4n) is 1.14. The maximum atomic E-state index is 13.4. The van der Waals surface area contributed by atoms with Gasteiger partial charge in [0.05, 0.1) is 17.8 Å². The second kappa shape index (κ2) is 4.28. The van der Waals surface area contributed by atoms with Gasteiger partial charge in [0, 0.05) is 4.47 Å². The zero-order valence-corrected chi connectivity index (χ0v) is 9.83. The Kier molecular flexibility index (Phi) is 3.02. The number of hydrogen-bond donors (Lipinski definition) is 0. The van der Waals surface area contributed by atoms with Gasteiger partial charge in [0.25, 0.3) is 0 Å². The Bertz CT molecular complexity index is 486. The van der Waals surface area contributed by atoms with Crippen molar-refractivity contribution in [1.29, 1.82) is 0 Å². The average Bonchev–Trinajstić information content (AvgIpc) is 2.70. The predicted molar refractivity (Wildman–Crippen MR) is 58.6 cm³/mol. The summed E-state index contributed by atoms with van der Waals surface area (Å²) in [4.78, 5) is 0. The van der Waals surface area contributed by atoms with Crippen LogP contribution in [-0.2, 0) is 5.88 Å². The number of halogens is 3. The highest BCUT2D eigenvalue weighted by molar-refractivity contribution is 9.10. The number of rotatable bonds is 2. The van der Waals surface area contributed by atoms with Crippen LogP contribution in [0.25, 0.3) is 5.69 Å². The number of nitrogens with zero attached hydrogens (tertiary/aromatic N) is 3. The molecule has 0 radical (unpaired) electrons. The topological polar surface area (TPSA) is 30.7 Å². The van der Waals surface area contributed by atoms with Gasteiger partial charge >= 0.3 is 0 Å². The van der Waals surface area contributed by atoms with E-state index in [0.717, 1.165) is 4.47 Å². The van der Waals surface area contributed by atoms with Gasteiger partial charge in [-0.1, -0.05) is 21.1 Å². The summed E-state index contributed by atoms with van der Waals surface area (Å²) < 4.78 is 15.6. The van der Waals surface area contributed by atoms with Crippen molar-refractivity contribution in [2.24, 2.45) is 0 Å². The monoisotopic (exact) mass is 289 g/mol. The molecule has 0 atom stereocenters. The van der Waals surface area contributed by atoms with E-state index in [-0.39, 0.29) is 11.7 Å².